The molecule has 1 aliphatic rings. The van der Waals surface area contributed by atoms with Gasteiger partial charge in [-0.25, -0.2) is 0 Å². The molecule has 1 N–H and O–H groups in total. The molecule has 39 heavy (non-hydrogen) atoms. The first kappa shape index (κ1) is 25.5. The molecule has 0 radical (unpaired) electrons. The molecule has 5 aromatic rings. The summed E-state index contributed by atoms with van der Waals surface area (Å²) in [6, 6.07) is 26.9. The summed E-state index contributed by atoms with van der Waals surface area (Å²) in [4.78, 5) is 14.8. The van der Waals surface area contributed by atoms with Crippen LogP contribution in [-0.2, 0) is 16.2 Å². The van der Waals surface area contributed by atoms with Gasteiger partial charge in [0.2, 0.25) is 0 Å². The van der Waals surface area contributed by atoms with E-state index in [-0.39, 0.29) is 0 Å². The van der Waals surface area contributed by atoms with Gasteiger partial charge in [0.05, 0.1) is 11.4 Å². The monoisotopic (exact) mass is 571 g/mol. The Hall–Kier alpha value is -3.74. The van der Waals surface area contributed by atoms with Crippen LogP contribution in [0.4, 0.5) is 5.69 Å². The zero-order chi connectivity index (χ0) is 27.1. The van der Waals surface area contributed by atoms with Crippen LogP contribution in [0.3, 0.4) is 0 Å². The lowest BCUT2D eigenvalue weighted by molar-refractivity contribution is -0.140. The van der Waals surface area contributed by atoms with Crippen LogP contribution in [-0.4, -0.2) is 32.7 Å². The number of carboxylic acids is 1. The van der Waals surface area contributed by atoms with Crippen LogP contribution in [0.1, 0.15) is 11.3 Å². The van der Waals surface area contributed by atoms with Crippen LogP contribution in [0.5, 0.6) is 0 Å². The van der Waals surface area contributed by atoms with Crippen molar-refractivity contribution >= 4 is 56.9 Å². The summed E-state index contributed by atoms with van der Waals surface area (Å²) in [7, 11) is 0. The number of carbonyl (C=O) groups is 1. The standard InChI is InChI=1S/C30H22ClN3O3S2/c31-21-8-10-23(11-9-21)39(37)34-26-7-2-1-6-24(26)28(25-13-15-38-27(25)17-32)29(34)19-4-3-5-22(16-19)33-14-12-20(18-33)30(35)36/h1-11,13,15-16,20H,12,14,18H2,(H,35,36). The Morgan fingerprint density at radius 2 is 1.90 bits per heavy atom. The lowest BCUT2D eigenvalue weighted by Crippen LogP contribution is -2.22. The fraction of sp³-hybridized carbons (Fsp3) is 0.133. The van der Waals surface area contributed by atoms with Gasteiger partial charge >= 0.3 is 5.97 Å². The molecule has 1 fully saturated rings. The van der Waals surface area contributed by atoms with Gasteiger partial charge < -0.3 is 14.6 Å². The average molecular weight is 572 g/mol. The van der Waals surface area contributed by atoms with Crippen molar-refractivity contribution < 1.29 is 14.5 Å². The Kier molecular flexibility index (Phi) is 6.83. The van der Waals surface area contributed by atoms with Gasteiger partial charge in [-0.2, -0.15) is 9.23 Å². The molecule has 3 aromatic carbocycles. The second-order valence-electron chi connectivity index (χ2n) is 9.33. The Morgan fingerprint density at radius 3 is 2.64 bits per heavy atom. The number of aromatic nitrogens is 1. The maximum absolute atomic E-state index is 14.3. The highest BCUT2D eigenvalue weighted by atomic mass is 35.5. The number of aliphatic carboxylic acids is 1. The Bertz CT molecular complexity index is 1740. The highest BCUT2D eigenvalue weighted by Crippen LogP contribution is 2.45. The molecule has 2 aromatic heterocycles. The number of benzene rings is 3. The number of carboxylic acid groups (broad SMARTS) is 1. The largest absolute Gasteiger partial charge is 0.587 e. The van der Waals surface area contributed by atoms with E-state index in [0.29, 0.717) is 34.3 Å². The lowest BCUT2D eigenvalue weighted by Gasteiger charge is -2.20. The van der Waals surface area contributed by atoms with Crippen molar-refractivity contribution in [3.63, 3.8) is 0 Å². The predicted octanol–water partition coefficient (Wildman–Crippen LogP) is 7.04. The van der Waals surface area contributed by atoms with Gasteiger partial charge in [0.1, 0.15) is 28.0 Å². The van der Waals surface area contributed by atoms with Gasteiger partial charge in [-0.1, -0.05) is 41.9 Å². The first-order valence-electron chi connectivity index (χ1n) is 12.3. The van der Waals surface area contributed by atoms with E-state index in [0.717, 1.165) is 39.0 Å². The third-order valence-corrected chi connectivity index (χ3v) is 9.53. The Morgan fingerprint density at radius 1 is 1.10 bits per heavy atom. The summed E-state index contributed by atoms with van der Waals surface area (Å²) in [5, 5.41) is 22.8. The van der Waals surface area contributed by atoms with Crippen molar-refractivity contribution in [2.45, 2.75) is 11.3 Å². The van der Waals surface area contributed by atoms with E-state index in [4.69, 9.17) is 11.6 Å². The molecule has 1 aliphatic heterocycles. The SMILES string of the molecule is N#Cc1sccc1-c1c(-c2cccc(N3CCC(C(=O)O)C3)c2)n([S+]([O-])c2ccc(Cl)cc2)c2ccccc12. The van der Waals surface area contributed by atoms with Gasteiger partial charge in [0, 0.05) is 45.9 Å². The highest BCUT2D eigenvalue weighted by molar-refractivity contribution is 7.90. The van der Waals surface area contributed by atoms with E-state index in [9.17, 15) is 19.7 Å². The number of para-hydroxylation sites is 1. The molecule has 9 heteroatoms. The van der Waals surface area contributed by atoms with Crippen LogP contribution < -0.4 is 4.90 Å². The van der Waals surface area contributed by atoms with Gasteiger partial charge in [-0.3, -0.25) is 4.79 Å². The maximum Gasteiger partial charge on any atom is 0.308 e. The molecule has 0 saturated carbocycles. The van der Waals surface area contributed by atoms with Crippen molar-refractivity contribution in [2.24, 2.45) is 5.92 Å². The second kappa shape index (κ2) is 10.4. The number of halogens is 1. The number of thiophene rings is 1. The summed E-state index contributed by atoms with van der Waals surface area (Å²) in [5.41, 5.74) is 4.88. The quantitative estimate of drug-likeness (QED) is 0.221. The molecule has 2 atom stereocenters. The number of hydrogen-bond donors (Lipinski definition) is 1. The van der Waals surface area contributed by atoms with Crippen molar-refractivity contribution in [2.75, 3.05) is 18.0 Å². The Labute approximate surface area is 237 Å². The minimum atomic E-state index is -1.62. The molecular weight excluding hydrogens is 550 g/mol. The summed E-state index contributed by atoms with van der Waals surface area (Å²) < 4.78 is 16.1. The van der Waals surface area contributed by atoms with E-state index in [1.54, 1.807) is 24.3 Å². The van der Waals surface area contributed by atoms with Gasteiger partial charge in [-0.15, -0.1) is 11.3 Å². The zero-order valence-corrected chi connectivity index (χ0v) is 23.0. The number of nitrogens with zero attached hydrogens (tertiary/aromatic N) is 3. The normalized spacial score (nSPS) is 15.9. The van der Waals surface area contributed by atoms with Crippen molar-refractivity contribution in [3.05, 3.63) is 94.1 Å². The second-order valence-corrected chi connectivity index (χ2v) is 12.0. The molecule has 0 bridgehead atoms. The summed E-state index contributed by atoms with van der Waals surface area (Å²) in [6.07, 6.45) is 0.589. The molecule has 1 saturated heterocycles. The van der Waals surface area contributed by atoms with Crippen LogP contribution in [0.25, 0.3) is 33.3 Å². The average Bonchev–Trinajstić information content (AvgIpc) is 3.70. The molecule has 0 amide bonds. The number of nitriles is 1. The molecule has 194 valence electrons. The number of anilines is 1. The fourth-order valence-electron chi connectivity index (χ4n) is 5.21. The molecule has 0 aliphatic carbocycles. The molecule has 0 spiro atoms. The van der Waals surface area contributed by atoms with E-state index in [1.807, 2.05) is 63.9 Å². The predicted molar refractivity (Wildman–Crippen MR) is 157 cm³/mol. The van der Waals surface area contributed by atoms with Crippen LogP contribution in [0, 0.1) is 17.2 Å². The minimum Gasteiger partial charge on any atom is -0.587 e. The third kappa shape index (κ3) is 4.58. The first-order chi connectivity index (χ1) is 19.0. The summed E-state index contributed by atoms with van der Waals surface area (Å²) in [5.74, 6) is -1.19. The maximum atomic E-state index is 14.3. The van der Waals surface area contributed by atoms with E-state index in [2.05, 4.69) is 11.0 Å². The molecule has 3 heterocycles. The van der Waals surface area contributed by atoms with E-state index in [1.165, 1.54) is 11.3 Å². The number of hydrogen-bond acceptors (Lipinski definition) is 5. The molecule has 6 nitrogen and oxygen atoms in total. The van der Waals surface area contributed by atoms with Crippen molar-refractivity contribution in [1.82, 2.24) is 3.97 Å². The molecular formula is C30H22ClN3O3S2. The first-order valence-corrected chi connectivity index (χ1v) is 14.7. The van der Waals surface area contributed by atoms with E-state index < -0.39 is 23.2 Å². The van der Waals surface area contributed by atoms with Crippen LogP contribution in [0.2, 0.25) is 5.02 Å². The van der Waals surface area contributed by atoms with Crippen molar-refractivity contribution in [3.8, 4) is 28.5 Å². The van der Waals surface area contributed by atoms with Crippen LogP contribution in [0.15, 0.2) is 89.1 Å². The summed E-state index contributed by atoms with van der Waals surface area (Å²) >= 11 is 5.87. The Balaban J connectivity index is 1.61. The minimum absolute atomic E-state index is 0.405. The highest BCUT2D eigenvalue weighted by Gasteiger charge is 2.31. The summed E-state index contributed by atoms with van der Waals surface area (Å²) in [6.45, 7) is 1.09. The number of rotatable bonds is 6. The van der Waals surface area contributed by atoms with Gasteiger partial charge in [0.25, 0.3) is 0 Å². The number of fused-ring (bicyclic) bond motifs is 1. The smallest absolute Gasteiger partial charge is 0.308 e. The van der Waals surface area contributed by atoms with Gasteiger partial charge in [-0.05, 0) is 60.3 Å². The third-order valence-electron chi connectivity index (χ3n) is 7.07. The van der Waals surface area contributed by atoms with E-state index >= 15 is 0 Å². The molecule has 2 unspecified atom stereocenters. The zero-order valence-electron chi connectivity index (χ0n) is 20.6. The topological polar surface area (TPSA) is 92.3 Å². The van der Waals surface area contributed by atoms with Gasteiger partial charge in [0.15, 0.2) is 4.90 Å². The molecule has 6 rings (SSSR count). The van der Waals surface area contributed by atoms with Crippen LogP contribution >= 0.6 is 22.9 Å². The van der Waals surface area contributed by atoms with Crippen molar-refractivity contribution in [1.29, 1.82) is 5.26 Å². The lowest BCUT2D eigenvalue weighted by atomic mass is 9.98. The fourth-order valence-corrected chi connectivity index (χ4v) is 7.31.